The van der Waals surface area contributed by atoms with Gasteiger partial charge in [-0.1, -0.05) is 18.5 Å². The molecule has 0 saturated carbocycles. The van der Waals surface area contributed by atoms with Gasteiger partial charge in [0, 0.05) is 31.2 Å². The van der Waals surface area contributed by atoms with Crippen molar-refractivity contribution in [3.8, 4) is 0 Å². The second-order valence-corrected chi connectivity index (χ2v) is 7.63. The molecule has 0 aliphatic carbocycles. The first-order chi connectivity index (χ1) is 12.8. The van der Waals surface area contributed by atoms with E-state index in [9.17, 15) is 32.3 Å². The van der Waals surface area contributed by atoms with Crippen molar-refractivity contribution < 1.29 is 32.3 Å². The predicted molar refractivity (Wildman–Crippen MR) is 94.3 cm³/mol. The van der Waals surface area contributed by atoms with E-state index in [1.807, 2.05) is 0 Å². The Morgan fingerprint density at radius 1 is 1.32 bits per heavy atom. The molecule has 1 aromatic rings. The minimum Gasteiger partial charge on any atom is -0.373 e. The molecular formula is C18H21ClF4N2O3. The van der Waals surface area contributed by atoms with Gasteiger partial charge in [-0.25, -0.2) is 4.39 Å². The fourth-order valence-electron chi connectivity index (χ4n) is 3.33. The Kier molecular flexibility index (Phi) is 6.30. The molecule has 3 atom stereocenters. The zero-order valence-corrected chi connectivity index (χ0v) is 16.3. The lowest BCUT2D eigenvalue weighted by Crippen LogP contribution is -2.60. The third-order valence-electron chi connectivity index (χ3n) is 5.09. The van der Waals surface area contributed by atoms with Gasteiger partial charge in [-0.3, -0.25) is 9.59 Å². The summed E-state index contributed by atoms with van der Waals surface area (Å²) in [6, 6.07) is 3.25. The van der Waals surface area contributed by atoms with Gasteiger partial charge < -0.3 is 14.9 Å². The second kappa shape index (κ2) is 7.87. The van der Waals surface area contributed by atoms with Crippen LogP contribution in [-0.4, -0.2) is 64.7 Å². The smallest absolute Gasteiger partial charge is 0.373 e. The maximum atomic E-state index is 14.0. The Hall–Kier alpha value is -1.87. The minimum absolute atomic E-state index is 0.0687. The summed E-state index contributed by atoms with van der Waals surface area (Å²) in [5, 5.41) is 9.74. The molecule has 0 unspecified atom stereocenters. The predicted octanol–water partition coefficient (Wildman–Crippen LogP) is 3.10. The summed E-state index contributed by atoms with van der Waals surface area (Å²) in [6.45, 7) is 1.96. The molecule has 0 bridgehead atoms. The Labute approximate surface area is 164 Å². The highest BCUT2D eigenvalue weighted by molar-refractivity contribution is 6.30. The zero-order chi connectivity index (χ0) is 21.4. The van der Waals surface area contributed by atoms with Crippen LogP contribution in [0.3, 0.4) is 0 Å². The standard InChI is InChI=1S/C18H21ClF4N2O3/c1-10-9-25(16(27)17(2,28)18(21,22)23)7-6-14(10)24(3)15(26)12-5-4-11(19)8-13(12)20/h4-5,8,10,14,28H,6-7,9H2,1-3H3/t10-,14+,17+/m0/s1. The van der Waals surface area contributed by atoms with Crippen LogP contribution in [0.25, 0.3) is 0 Å². The van der Waals surface area contributed by atoms with E-state index in [0.29, 0.717) is 6.92 Å². The highest BCUT2D eigenvalue weighted by Crippen LogP contribution is 2.33. The molecule has 0 aromatic heterocycles. The van der Waals surface area contributed by atoms with Gasteiger partial charge in [0.25, 0.3) is 11.8 Å². The monoisotopic (exact) mass is 424 g/mol. The number of rotatable bonds is 3. The van der Waals surface area contributed by atoms with Crippen LogP contribution in [0.15, 0.2) is 18.2 Å². The maximum Gasteiger partial charge on any atom is 0.426 e. The number of halogens is 5. The second-order valence-electron chi connectivity index (χ2n) is 7.19. The Bertz CT molecular complexity index is 770. The van der Waals surface area contributed by atoms with Crippen molar-refractivity contribution in [1.82, 2.24) is 9.80 Å². The summed E-state index contributed by atoms with van der Waals surface area (Å²) in [7, 11) is 1.47. The van der Waals surface area contributed by atoms with Crippen LogP contribution in [0.1, 0.15) is 30.6 Å². The van der Waals surface area contributed by atoms with Crippen LogP contribution >= 0.6 is 11.6 Å². The topological polar surface area (TPSA) is 60.9 Å². The SMILES string of the molecule is C[C@H]1CN(C(=O)[C@@](C)(O)C(F)(F)F)CC[C@H]1N(C)C(=O)c1ccc(Cl)cc1F. The number of nitrogens with zero attached hydrogens (tertiary/aromatic N) is 2. The number of amides is 2. The van der Waals surface area contributed by atoms with Gasteiger partial charge >= 0.3 is 6.18 Å². The van der Waals surface area contributed by atoms with Crippen LogP contribution in [0.4, 0.5) is 17.6 Å². The molecule has 0 spiro atoms. The molecule has 2 rings (SSSR count). The van der Waals surface area contributed by atoms with Gasteiger partial charge in [0.05, 0.1) is 5.56 Å². The van der Waals surface area contributed by atoms with Crippen LogP contribution in [0, 0.1) is 11.7 Å². The molecule has 1 saturated heterocycles. The van der Waals surface area contributed by atoms with Crippen molar-refractivity contribution >= 4 is 23.4 Å². The number of likely N-dealkylation sites (tertiary alicyclic amines) is 1. The van der Waals surface area contributed by atoms with Gasteiger partial charge in [-0.15, -0.1) is 0 Å². The van der Waals surface area contributed by atoms with Crippen molar-refractivity contribution in [2.45, 2.75) is 38.1 Å². The fraction of sp³-hybridized carbons (Fsp3) is 0.556. The van der Waals surface area contributed by atoms with Gasteiger partial charge in [-0.2, -0.15) is 13.2 Å². The van der Waals surface area contributed by atoms with E-state index < -0.39 is 35.5 Å². The van der Waals surface area contributed by atoms with E-state index >= 15 is 0 Å². The molecule has 1 aliphatic heterocycles. The van der Waals surface area contributed by atoms with E-state index in [-0.39, 0.29) is 36.0 Å². The normalized spacial score (nSPS) is 22.5. The molecule has 10 heteroatoms. The number of hydrogen-bond donors (Lipinski definition) is 1. The highest BCUT2D eigenvalue weighted by atomic mass is 35.5. The first kappa shape index (κ1) is 22.4. The van der Waals surface area contributed by atoms with Crippen molar-refractivity contribution in [2.24, 2.45) is 5.92 Å². The first-order valence-electron chi connectivity index (χ1n) is 8.58. The summed E-state index contributed by atoms with van der Waals surface area (Å²) in [4.78, 5) is 27.0. The van der Waals surface area contributed by atoms with Crippen molar-refractivity contribution in [1.29, 1.82) is 0 Å². The summed E-state index contributed by atoms with van der Waals surface area (Å²) < 4.78 is 52.7. The number of aliphatic hydroxyl groups is 1. The molecular weight excluding hydrogens is 404 g/mol. The molecule has 1 heterocycles. The summed E-state index contributed by atoms with van der Waals surface area (Å²) in [6.07, 6.45) is -4.90. The third-order valence-corrected chi connectivity index (χ3v) is 5.33. The van der Waals surface area contributed by atoms with Gasteiger partial charge in [0.2, 0.25) is 5.60 Å². The molecule has 28 heavy (non-hydrogen) atoms. The molecule has 1 N–H and O–H groups in total. The highest BCUT2D eigenvalue weighted by Gasteiger charge is 2.57. The van der Waals surface area contributed by atoms with Crippen molar-refractivity contribution in [3.63, 3.8) is 0 Å². The lowest BCUT2D eigenvalue weighted by molar-refractivity contribution is -0.251. The molecule has 2 amide bonds. The van der Waals surface area contributed by atoms with E-state index in [1.54, 1.807) is 6.92 Å². The lowest BCUT2D eigenvalue weighted by atomic mass is 9.90. The van der Waals surface area contributed by atoms with E-state index in [1.165, 1.54) is 24.1 Å². The Balaban J connectivity index is 2.11. The average molecular weight is 425 g/mol. The number of hydrogen-bond acceptors (Lipinski definition) is 3. The molecule has 156 valence electrons. The lowest BCUT2D eigenvalue weighted by Gasteiger charge is -2.43. The van der Waals surface area contributed by atoms with Crippen LogP contribution in [0.2, 0.25) is 5.02 Å². The minimum atomic E-state index is -5.09. The third kappa shape index (κ3) is 4.25. The van der Waals surface area contributed by atoms with E-state index in [0.717, 1.165) is 11.0 Å². The summed E-state index contributed by atoms with van der Waals surface area (Å²) >= 11 is 5.68. The number of carbonyl (C=O) groups is 2. The van der Waals surface area contributed by atoms with Crippen molar-refractivity contribution in [2.75, 3.05) is 20.1 Å². The van der Waals surface area contributed by atoms with Crippen molar-refractivity contribution in [3.05, 3.63) is 34.6 Å². The number of alkyl halides is 3. The van der Waals surface area contributed by atoms with Gasteiger partial charge in [0.15, 0.2) is 0 Å². The van der Waals surface area contributed by atoms with Crippen LogP contribution < -0.4 is 0 Å². The van der Waals surface area contributed by atoms with Crippen LogP contribution in [0.5, 0.6) is 0 Å². The average Bonchev–Trinajstić information content (AvgIpc) is 2.58. The zero-order valence-electron chi connectivity index (χ0n) is 15.6. The molecule has 1 fully saturated rings. The molecule has 1 aliphatic rings. The fourth-order valence-corrected chi connectivity index (χ4v) is 3.48. The number of benzene rings is 1. The van der Waals surface area contributed by atoms with Gasteiger partial charge in [-0.05, 0) is 37.5 Å². The van der Waals surface area contributed by atoms with Gasteiger partial charge in [0.1, 0.15) is 5.82 Å². The quantitative estimate of drug-likeness (QED) is 0.758. The molecule has 5 nitrogen and oxygen atoms in total. The summed E-state index contributed by atoms with van der Waals surface area (Å²) in [5.74, 6) is -3.17. The Morgan fingerprint density at radius 2 is 1.93 bits per heavy atom. The largest absolute Gasteiger partial charge is 0.426 e. The summed E-state index contributed by atoms with van der Waals surface area (Å²) in [5.41, 5.74) is -3.65. The maximum absolute atomic E-state index is 14.0. The van der Waals surface area contributed by atoms with E-state index in [4.69, 9.17) is 11.6 Å². The van der Waals surface area contributed by atoms with Crippen LogP contribution in [-0.2, 0) is 4.79 Å². The number of piperidine rings is 1. The van der Waals surface area contributed by atoms with E-state index in [2.05, 4.69) is 0 Å². The molecule has 1 aromatic carbocycles. The first-order valence-corrected chi connectivity index (χ1v) is 8.96. The Morgan fingerprint density at radius 3 is 2.43 bits per heavy atom. The molecule has 0 radical (unpaired) electrons. The number of carbonyl (C=O) groups excluding carboxylic acids is 2.